The number of hydrogen-bond acceptors (Lipinski definition) is 0. The molecule has 0 aliphatic heterocycles. The van der Waals surface area contributed by atoms with Crippen molar-refractivity contribution in [2.45, 2.75) is 13.3 Å². The van der Waals surface area contributed by atoms with Crippen LogP contribution in [0.25, 0.3) is 0 Å². The van der Waals surface area contributed by atoms with Crippen LogP contribution in [0, 0.1) is 14.4 Å². The van der Waals surface area contributed by atoms with Gasteiger partial charge in [-0.1, -0.05) is 12.2 Å². The van der Waals surface area contributed by atoms with E-state index >= 15 is 0 Å². The van der Waals surface area contributed by atoms with Crippen LogP contribution in [0.2, 0.25) is 0 Å². The van der Waals surface area contributed by atoms with Gasteiger partial charge in [0.25, 0.3) is 0 Å². The van der Waals surface area contributed by atoms with Crippen LogP contribution in [0.15, 0.2) is 24.3 Å². The van der Waals surface area contributed by atoms with Crippen molar-refractivity contribution >= 4 is 0 Å². The molecule has 0 unspecified atom stereocenters. The first-order chi connectivity index (χ1) is 3.13. The molecule has 1 radical (unpaired) electrons. The predicted molar refractivity (Wildman–Crippen MR) is 40.3 cm³/mol. The Morgan fingerprint density at radius 1 is 1.44 bits per heavy atom. The zero-order chi connectivity index (χ0) is 5.86. The van der Waals surface area contributed by atoms with Crippen molar-refractivity contribution in [3.8, 4) is 0 Å². The van der Waals surface area contributed by atoms with E-state index in [0.29, 0.717) is 0 Å². The van der Waals surface area contributed by atoms with Crippen molar-refractivity contribution in [1.82, 2.24) is 0 Å². The fraction of sp³-hybridized carbons (Fsp3) is 0.250. The quantitative estimate of drug-likeness (QED) is 0.473. The molecule has 0 saturated carbocycles. The van der Waals surface area contributed by atoms with Gasteiger partial charge in [0.15, 0.2) is 0 Å². The first-order valence-electron chi connectivity index (χ1n) is 2.27. The molecule has 0 aromatic carbocycles. The molecule has 0 aromatic rings. The molecule has 0 atom stereocenters. The molecular weight excluding hydrogens is 185 g/mol. The zero-order valence-corrected chi connectivity index (χ0v) is 9.24. The van der Waals surface area contributed by atoms with Crippen LogP contribution in [0.1, 0.15) is 13.3 Å². The van der Waals surface area contributed by atoms with E-state index in [1.165, 1.54) is 0 Å². The molecule has 0 aromatic heterocycles. The summed E-state index contributed by atoms with van der Waals surface area (Å²) < 4.78 is 0. The maximum atomic E-state index is 3.69. The maximum Gasteiger partial charge on any atom is 0 e. The van der Waals surface area contributed by atoms with Crippen molar-refractivity contribution < 1.29 is 32.7 Å². The van der Waals surface area contributed by atoms with Crippen LogP contribution in [0.3, 0.4) is 0 Å². The minimum absolute atomic E-state index is 0. The van der Waals surface area contributed by atoms with Crippen molar-refractivity contribution in [2.24, 2.45) is 0 Å². The number of rotatable bonds is 2. The van der Waals surface area contributed by atoms with Gasteiger partial charge in [-0.25, -0.2) is 19.1 Å². The SMILES string of the molecule is C=C([CH2-])CC(=C)C.[CH3-].[Y]. The zero-order valence-electron chi connectivity index (χ0n) is 6.41. The van der Waals surface area contributed by atoms with E-state index in [1.54, 1.807) is 0 Å². The van der Waals surface area contributed by atoms with Gasteiger partial charge in [-0.3, -0.25) is 0 Å². The van der Waals surface area contributed by atoms with Crippen LogP contribution in [-0.4, -0.2) is 0 Å². The van der Waals surface area contributed by atoms with Gasteiger partial charge in [0.2, 0.25) is 0 Å². The fourth-order valence-electron chi connectivity index (χ4n) is 0.427. The van der Waals surface area contributed by atoms with Crippen LogP contribution in [-0.2, 0) is 32.7 Å². The summed E-state index contributed by atoms with van der Waals surface area (Å²) in [5.74, 6) is 0. The predicted octanol–water partition coefficient (Wildman–Crippen LogP) is 2.79. The van der Waals surface area contributed by atoms with Gasteiger partial charge >= 0.3 is 0 Å². The minimum Gasteiger partial charge on any atom is -0.358 e. The summed E-state index contributed by atoms with van der Waals surface area (Å²) in [4.78, 5) is 0. The Labute approximate surface area is 84.3 Å². The third-order valence-corrected chi connectivity index (χ3v) is 0.552. The third kappa shape index (κ3) is 17.8. The van der Waals surface area contributed by atoms with Gasteiger partial charge in [-0.2, -0.15) is 0 Å². The Bertz CT molecular complexity index is 80.7. The molecule has 1 heteroatoms. The average molecular weight is 199 g/mol. The molecule has 9 heavy (non-hydrogen) atoms. The molecule has 0 rings (SSSR count). The van der Waals surface area contributed by atoms with Crippen LogP contribution in [0.4, 0.5) is 0 Å². The summed E-state index contributed by atoms with van der Waals surface area (Å²) >= 11 is 0. The molecular formula is C8H14Y-2. The smallest absolute Gasteiger partial charge is 0 e. The Morgan fingerprint density at radius 3 is 1.78 bits per heavy atom. The van der Waals surface area contributed by atoms with Gasteiger partial charge in [0, 0.05) is 32.7 Å². The van der Waals surface area contributed by atoms with Gasteiger partial charge in [0.05, 0.1) is 0 Å². The molecule has 0 nitrogen and oxygen atoms in total. The summed E-state index contributed by atoms with van der Waals surface area (Å²) in [5, 5.41) is 0. The molecule has 0 bridgehead atoms. The molecule has 0 amide bonds. The molecule has 0 fully saturated rings. The second-order valence-corrected chi connectivity index (χ2v) is 1.88. The number of allylic oxidation sites excluding steroid dienone is 2. The van der Waals surface area contributed by atoms with Crippen LogP contribution in [0.5, 0.6) is 0 Å². The normalized spacial score (nSPS) is 6.33. The van der Waals surface area contributed by atoms with Crippen molar-refractivity contribution in [3.63, 3.8) is 0 Å². The second kappa shape index (κ2) is 8.45. The van der Waals surface area contributed by atoms with E-state index in [0.717, 1.165) is 17.6 Å². The summed E-state index contributed by atoms with van der Waals surface area (Å²) in [5.41, 5.74) is 2.06. The van der Waals surface area contributed by atoms with E-state index < -0.39 is 0 Å². The summed E-state index contributed by atoms with van der Waals surface area (Å²) in [7, 11) is 0. The van der Waals surface area contributed by atoms with Crippen molar-refractivity contribution in [2.75, 3.05) is 0 Å². The molecule has 0 N–H and O–H groups in total. The Morgan fingerprint density at radius 2 is 1.78 bits per heavy atom. The average Bonchev–Trinajstić information content (AvgIpc) is 1.27. The van der Waals surface area contributed by atoms with E-state index in [2.05, 4.69) is 20.1 Å². The molecule has 0 spiro atoms. The maximum absolute atomic E-state index is 3.69. The monoisotopic (exact) mass is 199 g/mol. The topological polar surface area (TPSA) is 0 Å². The van der Waals surface area contributed by atoms with E-state index in [9.17, 15) is 0 Å². The fourth-order valence-corrected chi connectivity index (χ4v) is 0.427. The summed E-state index contributed by atoms with van der Waals surface area (Å²) in [6.07, 6.45) is 0.861. The summed E-state index contributed by atoms with van der Waals surface area (Å²) in [6.45, 7) is 12.9. The van der Waals surface area contributed by atoms with Crippen LogP contribution >= 0.6 is 0 Å². The standard InChI is InChI=1S/C7H11.CH3.Y/c1-6(2)5-7(3)4;;/h1-3,5H2,4H3;1H3;/q2*-1;. The largest absolute Gasteiger partial charge is 0.358 e. The number of hydrogen-bond donors (Lipinski definition) is 0. The Kier molecular flexibility index (Phi) is 15.2. The Balaban J connectivity index is -0.000000180. The van der Waals surface area contributed by atoms with Crippen molar-refractivity contribution in [3.05, 3.63) is 38.7 Å². The molecule has 0 heterocycles. The van der Waals surface area contributed by atoms with Gasteiger partial charge in [-0.05, 0) is 13.3 Å². The van der Waals surface area contributed by atoms with Crippen molar-refractivity contribution in [1.29, 1.82) is 0 Å². The van der Waals surface area contributed by atoms with Gasteiger partial charge < -0.3 is 7.43 Å². The van der Waals surface area contributed by atoms with Gasteiger partial charge in [0.1, 0.15) is 0 Å². The minimum atomic E-state index is 0. The Hall–Kier alpha value is 0.454. The van der Waals surface area contributed by atoms with E-state index in [1.807, 2.05) is 6.92 Å². The van der Waals surface area contributed by atoms with E-state index in [-0.39, 0.29) is 40.1 Å². The first-order valence-corrected chi connectivity index (χ1v) is 2.27. The third-order valence-electron chi connectivity index (χ3n) is 0.552. The van der Waals surface area contributed by atoms with Crippen LogP contribution < -0.4 is 0 Å². The molecule has 0 aliphatic carbocycles. The molecule has 0 saturated heterocycles. The second-order valence-electron chi connectivity index (χ2n) is 1.88. The van der Waals surface area contributed by atoms with Gasteiger partial charge in [-0.15, -0.1) is 0 Å². The van der Waals surface area contributed by atoms with E-state index in [4.69, 9.17) is 0 Å². The summed E-state index contributed by atoms with van der Waals surface area (Å²) in [6, 6.07) is 0. The molecule has 51 valence electrons. The first kappa shape index (κ1) is 16.2. The molecule has 0 aliphatic rings.